The summed E-state index contributed by atoms with van der Waals surface area (Å²) in [7, 11) is 0. The SMILES string of the molecule is CCC1=C(CC)c2cc3[n-]c(cc4nc(cc5[n-]c(cc1n2)c(CC)c5CC)C(CC)=C4CC)c(CC)c3CC.[Pt+2].c1cc2c3c(c1)OCCCCCCOc1cccc(c1-c1c4ccccc4c-3c3ccccc13)OCCCCCCO2. The van der Waals surface area contributed by atoms with Gasteiger partial charge in [-0.15, -0.1) is 22.1 Å². The molecule has 0 atom stereocenters. The number of rotatable bonds is 8. The quantitative estimate of drug-likeness (QED) is 0.139. The maximum Gasteiger partial charge on any atom is 2.00 e. The van der Waals surface area contributed by atoms with Crippen LogP contribution in [0.5, 0.6) is 23.0 Å². The average Bonchev–Trinajstić information content (AvgIpc) is 3.04. The molecular formula is C74H82N4O4Pt. The fourth-order valence-corrected chi connectivity index (χ4v) is 13.4. The Morgan fingerprint density at radius 2 is 0.566 bits per heavy atom. The van der Waals surface area contributed by atoms with Gasteiger partial charge in [0.05, 0.1) is 60.3 Å². The molecule has 0 saturated heterocycles. The molecule has 4 aliphatic rings. The standard InChI is InChI=1S/C38H38O4.C36H44N4.Pt/c1-2-10-24-40-32-20-14-22-34-38(32)36-29-17-7-5-15-27(29)35(28-16-6-8-18-30(28)36)37-31(39-23-9-1)19-13-21-33(37)41-25-11-3-4-12-26-42-34;1-9-21-22(10-2)30-18-32-25(13-5)26(14-6)34(39-32)20-36-28(16-8)27(15-7)35(40-36)19-33-24(12-4)23(11-3)31(38-33)17-29(21)37-30;/h5-8,13-22H,1-4,9-12,23-26H2;17-20H,9-16H2,1-8H3;/q;-2;+2. The van der Waals surface area contributed by atoms with Gasteiger partial charge in [-0.3, -0.25) is 0 Å². The maximum absolute atomic E-state index is 6.58. The van der Waals surface area contributed by atoms with Crippen LogP contribution < -0.4 is 28.9 Å². The van der Waals surface area contributed by atoms with Crippen LogP contribution in [0.2, 0.25) is 0 Å². The molecule has 0 unspecified atom stereocenters. The first-order chi connectivity index (χ1) is 40.4. The summed E-state index contributed by atoms with van der Waals surface area (Å²) in [6.45, 7) is 20.6. The zero-order chi connectivity index (χ0) is 56.7. The van der Waals surface area contributed by atoms with E-state index in [4.69, 9.17) is 38.9 Å². The van der Waals surface area contributed by atoms with Crippen molar-refractivity contribution in [1.82, 2.24) is 19.9 Å². The van der Waals surface area contributed by atoms with E-state index in [2.05, 4.69) is 165 Å². The molecule has 0 N–H and O–H groups in total. The van der Waals surface area contributed by atoms with Gasteiger partial charge in [-0.1, -0.05) is 163 Å². The third kappa shape index (κ3) is 11.7. The third-order valence-electron chi connectivity index (χ3n) is 17.3. The first-order valence-corrected chi connectivity index (χ1v) is 31.2. The van der Waals surface area contributed by atoms with Crippen molar-refractivity contribution in [2.45, 2.75) is 158 Å². The normalized spacial score (nSPS) is 14.7. The van der Waals surface area contributed by atoms with Gasteiger partial charge >= 0.3 is 21.1 Å². The van der Waals surface area contributed by atoms with E-state index in [-0.39, 0.29) is 21.1 Å². The Balaban J connectivity index is 0.000000183. The monoisotopic (exact) mass is 1290 g/mol. The Labute approximate surface area is 506 Å². The average molecular weight is 1290 g/mol. The molecular weight excluding hydrogens is 1200 g/mol. The summed E-state index contributed by atoms with van der Waals surface area (Å²) in [5.41, 5.74) is 23.5. The van der Waals surface area contributed by atoms with Crippen molar-refractivity contribution in [3.63, 3.8) is 0 Å². The molecule has 0 aliphatic carbocycles. The van der Waals surface area contributed by atoms with Crippen molar-refractivity contribution in [3.8, 4) is 45.3 Å². The minimum absolute atomic E-state index is 0. The fourth-order valence-electron chi connectivity index (χ4n) is 13.4. The van der Waals surface area contributed by atoms with Crippen LogP contribution in [0.3, 0.4) is 0 Å². The topological polar surface area (TPSA) is 90.9 Å². The van der Waals surface area contributed by atoms with Gasteiger partial charge < -0.3 is 28.9 Å². The second-order valence-electron chi connectivity index (χ2n) is 22.1. The number of nitrogens with zero attached hydrogens (tertiary/aromatic N) is 4. The number of aromatic nitrogens is 4. The zero-order valence-electron chi connectivity index (χ0n) is 50.3. The molecule has 3 aromatic heterocycles. The molecule has 8 aromatic rings. The molecule has 4 aliphatic heterocycles. The predicted octanol–water partition coefficient (Wildman–Crippen LogP) is 19.3. The molecule has 8 nitrogen and oxygen atoms in total. The van der Waals surface area contributed by atoms with E-state index in [0.29, 0.717) is 26.4 Å². The van der Waals surface area contributed by atoms with Crippen LogP contribution in [0.15, 0.2) is 109 Å². The van der Waals surface area contributed by atoms with Crippen LogP contribution in [-0.2, 0) is 46.7 Å². The van der Waals surface area contributed by atoms with Gasteiger partial charge in [-0.05, 0) is 171 Å². The van der Waals surface area contributed by atoms with Gasteiger partial charge in [-0.2, -0.15) is 0 Å². The predicted molar refractivity (Wildman–Crippen MR) is 342 cm³/mol. The number of benzene rings is 5. The van der Waals surface area contributed by atoms with Crippen molar-refractivity contribution < 1.29 is 40.0 Å². The van der Waals surface area contributed by atoms with Crippen LogP contribution in [0, 0.1) is 0 Å². The molecule has 0 radical (unpaired) electrons. The Morgan fingerprint density at radius 3 is 0.795 bits per heavy atom. The van der Waals surface area contributed by atoms with E-state index >= 15 is 0 Å². The van der Waals surface area contributed by atoms with E-state index in [1.165, 1.54) is 44.5 Å². The molecule has 83 heavy (non-hydrogen) atoms. The van der Waals surface area contributed by atoms with Gasteiger partial charge in [-0.25, -0.2) is 9.97 Å². The molecule has 5 aromatic carbocycles. The second-order valence-corrected chi connectivity index (χ2v) is 22.1. The largest absolute Gasteiger partial charge is 2.00 e. The van der Waals surface area contributed by atoms with E-state index in [1.807, 2.05) is 0 Å². The van der Waals surface area contributed by atoms with E-state index < -0.39 is 0 Å². The van der Waals surface area contributed by atoms with Crippen LogP contribution in [0.25, 0.3) is 88.2 Å². The number of hydrogen-bond donors (Lipinski definition) is 0. The Kier molecular flexibility index (Phi) is 19.4. The third-order valence-corrected chi connectivity index (χ3v) is 17.3. The number of aryl methyl sites for hydroxylation is 4. The van der Waals surface area contributed by atoms with Crippen LogP contribution >= 0.6 is 0 Å². The molecule has 12 rings (SSSR count). The van der Waals surface area contributed by atoms with E-state index in [0.717, 1.165) is 214 Å². The minimum Gasteiger partial charge on any atom is -0.657 e. The molecule has 0 amide bonds. The van der Waals surface area contributed by atoms with Crippen LogP contribution in [0.4, 0.5) is 0 Å². The Hall–Kier alpha value is -6.89. The Morgan fingerprint density at radius 1 is 0.313 bits per heavy atom. The van der Waals surface area contributed by atoms with Crippen molar-refractivity contribution in [2.75, 3.05) is 26.4 Å². The molecule has 432 valence electrons. The summed E-state index contributed by atoms with van der Waals surface area (Å²) in [4.78, 5) is 21.0. The maximum atomic E-state index is 6.58. The van der Waals surface area contributed by atoms with Crippen LogP contribution in [0.1, 0.15) is 177 Å². The molecule has 0 saturated carbocycles. The first-order valence-electron chi connectivity index (χ1n) is 31.2. The number of fused-ring (bicyclic) bond motifs is 9. The Bertz CT molecular complexity index is 3420. The summed E-state index contributed by atoms with van der Waals surface area (Å²) >= 11 is 0. The van der Waals surface area contributed by atoms with Crippen molar-refractivity contribution >= 4 is 65.9 Å². The summed E-state index contributed by atoms with van der Waals surface area (Å²) < 4.78 is 26.3. The summed E-state index contributed by atoms with van der Waals surface area (Å²) in [6, 6.07) is 39.0. The second kappa shape index (κ2) is 27.2. The van der Waals surface area contributed by atoms with Crippen molar-refractivity contribution in [2.24, 2.45) is 0 Å². The smallest absolute Gasteiger partial charge is 0.657 e. The molecule has 0 fully saturated rings. The minimum atomic E-state index is 0. The fraction of sp³-hybridized carbons (Fsp3) is 0.378. The van der Waals surface area contributed by atoms with Gasteiger partial charge in [0.1, 0.15) is 23.0 Å². The summed E-state index contributed by atoms with van der Waals surface area (Å²) in [5.74, 6) is 3.54. The number of allylic oxidation sites excluding steroid dienone is 4. The van der Waals surface area contributed by atoms with Gasteiger partial charge in [0.15, 0.2) is 0 Å². The van der Waals surface area contributed by atoms with Crippen molar-refractivity contribution in [1.29, 1.82) is 0 Å². The number of ether oxygens (including phenoxy) is 4. The van der Waals surface area contributed by atoms with Gasteiger partial charge in [0.2, 0.25) is 0 Å². The van der Waals surface area contributed by atoms with Crippen molar-refractivity contribution in [3.05, 3.63) is 154 Å². The van der Waals surface area contributed by atoms with Gasteiger partial charge in [0.25, 0.3) is 0 Å². The van der Waals surface area contributed by atoms with E-state index in [9.17, 15) is 0 Å². The first kappa shape index (κ1) is 59.3. The molecule has 0 spiro atoms. The summed E-state index contributed by atoms with van der Waals surface area (Å²) in [5, 5.41) is 4.64. The number of hydrogen-bond acceptors (Lipinski definition) is 6. The van der Waals surface area contributed by atoms with Crippen LogP contribution in [-0.4, -0.2) is 36.4 Å². The zero-order valence-corrected chi connectivity index (χ0v) is 52.5. The molecule has 12 bridgehead atoms. The van der Waals surface area contributed by atoms with E-state index in [1.54, 1.807) is 0 Å². The molecule has 7 heterocycles. The van der Waals surface area contributed by atoms with Gasteiger partial charge in [0, 0.05) is 11.1 Å². The summed E-state index contributed by atoms with van der Waals surface area (Å²) in [6.07, 6.45) is 16.0. The molecule has 9 heteroatoms.